The van der Waals surface area contributed by atoms with Gasteiger partial charge in [0.05, 0.1) is 5.69 Å². The maximum Gasteiger partial charge on any atom is 0.262 e. The zero-order valence-corrected chi connectivity index (χ0v) is 13.6. The first-order chi connectivity index (χ1) is 11.6. The third kappa shape index (κ3) is 3.60. The van der Waals surface area contributed by atoms with Crippen molar-refractivity contribution in [1.82, 2.24) is 14.8 Å². The summed E-state index contributed by atoms with van der Waals surface area (Å²) >= 11 is 0. The first kappa shape index (κ1) is 15.7. The lowest BCUT2D eigenvalue weighted by atomic mass is 10.2. The van der Waals surface area contributed by atoms with Crippen LogP contribution in [0.3, 0.4) is 0 Å². The molecule has 1 aromatic heterocycles. The highest BCUT2D eigenvalue weighted by Crippen LogP contribution is 2.24. The van der Waals surface area contributed by atoms with Crippen molar-refractivity contribution in [3.63, 3.8) is 0 Å². The molecule has 0 aliphatic carbocycles. The molecular formula is C18H18N4O2. The molecule has 0 radical (unpaired) electrons. The van der Waals surface area contributed by atoms with Crippen molar-refractivity contribution in [3.05, 3.63) is 66.2 Å². The van der Waals surface area contributed by atoms with Crippen molar-refractivity contribution in [3.8, 4) is 11.4 Å². The van der Waals surface area contributed by atoms with Gasteiger partial charge in [-0.05, 0) is 43.2 Å². The van der Waals surface area contributed by atoms with Crippen molar-refractivity contribution >= 4 is 11.6 Å². The van der Waals surface area contributed by atoms with Crippen molar-refractivity contribution in [2.45, 2.75) is 13.8 Å². The van der Waals surface area contributed by atoms with Gasteiger partial charge in [-0.3, -0.25) is 9.36 Å². The number of nitrogens with zero attached hydrogens (tertiary/aromatic N) is 3. The number of anilines is 1. The molecule has 2 aromatic carbocycles. The molecule has 1 N–H and O–H groups in total. The van der Waals surface area contributed by atoms with Crippen LogP contribution in [-0.2, 0) is 4.79 Å². The minimum absolute atomic E-state index is 0.0769. The monoisotopic (exact) mass is 322 g/mol. The Morgan fingerprint density at radius 2 is 1.88 bits per heavy atom. The van der Waals surface area contributed by atoms with E-state index in [-0.39, 0.29) is 12.5 Å². The number of carbonyl (C=O) groups is 1. The summed E-state index contributed by atoms with van der Waals surface area (Å²) in [6, 6.07) is 13.3. The van der Waals surface area contributed by atoms with Gasteiger partial charge in [0, 0.05) is 5.69 Å². The first-order valence-electron chi connectivity index (χ1n) is 7.57. The Morgan fingerprint density at radius 3 is 2.62 bits per heavy atom. The maximum absolute atomic E-state index is 12.1. The van der Waals surface area contributed by atoms with Crippen LogP contribution in [0, 0.1) is 13.8 Å². The molecule has 1 amide bonds. The molecule has 6 nitrogen and oxygen atoms in total. The second-order valence-corrected chi connectivity index (χ2v) is 5.49. The molecule has 122 valence electrons. The molecule has 0 saturated heterocycles. The highest BCUT2D eigenvalue weighted by atomic mass is 16.5. The molecule has 3 rings (SSSR count). The number of hydrogen-bond donors (Lipinski definition) is 1. The van der Waals surface area contributed by atoms with Crippen LogP contribution in [0.1, 0.15) is 11.1 Å². The van der Waals surface area contributed by atoms with E-state index < -0.39 is 0 Å². The highest BCUT2D eigenvalue weighted by molar-refractivity contribution is 5.92. The smallest absolute Gasteiger partial charge is 0.262 e. The fourth-order valence-electron chi connectivity index (χ4n) is 2.32. The van der Waals surface area contributed by atoms with Crippen molar-refractivity contribution < 1.29 is 9.53 Å². The zero-order chi connectivity index (χ0) is 16.9. The van der Waals surface area contributed by atoms with E-state index in [0.29, 0.717) is 5.75 Å². The summed E-state index contributed by atoms with van der Waals surface area (Å²) in [5, 5.41) is 10.5. The second kappa shape index (κ2) is 6.95. The second-order valence-electron chi connectivity index (χ2n) is 5.49. The predicted molar refractivity (Wildman–Crippen MR) is 91.4 cm³/mol. The summed E-state index contributed by atoms with van der Waals surface area (Å²) in [6.07, 6.45) is 3.18. The van der Waals surface area contributed by atoms with Gasteiger partial charge in [0.25, 0.3) is 5.91 Å². The summed E-state index contributed by atoms with van der Waals surface area (Å²) in [6.45, 7) is 3.86. The fraction of sp³-hybridized carbons (Fsp3) is 0.167. The highest BCUT2D eigenvalue weighted by Gasteiger charge is 2.10. The lowest BCUT2D eigenvalue weighted by molar-refractivity contribution is -0.118. The number of aromatic nitrogens is 3. The van der Waals surface area contributed by atoms with E-state index in [1.54, 1.807) is 17.2 Å². The molecular weight excluding hydrogens is 304 g/mol. The van der Waals surface area contributed by atoms with Crippen LogP contribution < -0.4 is 10.1 Å². The Labute approximate surface area is 140 Å². The minimum atomic E-state index is -0.209. The van der Waals surface area contributed by atoms with Crippen molar-refractivity contribution in [2.24, 2.45) is 0 Å². The maximum atomic E-state index is 12.1. The van der Waals surface area contributed by atoms with E-state index >= 15 is 0 Å². The summed E-state index contributed by atoms with van der Waals surface area (Å²) in [4.78, 5) is 12.1. The Hall–Kier alpha value is -3.15. The number of hydrogen-bond acceptors (Lipinski definition) is 4. The van der Waals surface area contributed by atoms with Crippen LogP contribution in [-0.4, -0.2) is 27.3 Å². The molecule has 0 unspecified atom stereocenters. The number of nitrogens with one attached hydrogen (secondary N) is 1. The van der Waals surface area contributed by atoms with E-state index in [9.17, 15) is 4.79 Å². The van der Waals surface area contributed by atoms with Gasteiger partial charge >= 0.3 is 0 Å². The number of benzene rings is 2. The van der Waals surface area contributed by atoms with Gasteiger partial charge < -0.3 is 10.1 Å². The van der Waals surface area contributed by atoms with E-state index in [0.717, 1.165) is 22.5 Å². The molecule has 0 saturated carbocycles. The Bertz CT molecular complexity index is 844. The topological polar surface area (TPSA) is 69.0 Å². The molecule has 0 aliphatic heterocycles. The predicted octanol–water partition coefficient (Wildman–Crippen LogP) is 2.90. The third-order valence-corrected chi connectivity index (χ3v) is 3.59. The largest absolute Gasteiger partial charge is 0.482 e. The van der Waals surface area contributed by atoms with Gasteiger partial charge in [-0.2, -0.15) is 0 Å². The summed E-state index contributed by atoms with van der Waals surface area (Å²) in [5.74, 6) is 0.389. The van der Waals surface area contributed by atoms with Gasteiger partial charge in [-0.15, -0.1) is 10.2 Å². The molecule has 0 spiro atoms. The quantitative estimate of drug-likeness (QED) is 0.784. The standard InChI is InChI=1S/C18H18N4O2/c1-13-7-8-17(16(9-13)22-11-19-20-12-22)24-10-18(23)21-15-6-4-3-5-14(15)2/h3-9,11-12H,10H2,1-2H3,(H,21,23). The number of ether oxygens (including phenoxy) is 1. The van der Waals surface area contributed by atoms with Crippen LogP contribution in [0.5, 0.6) is 5.75 Å². The van der Waals surface area contributed by atoms with Crippen molar-refractivity contribution in [1.29, 1.82) is 0 Å². The van der Waals surface area contributed by atoms with Crippen molar-refractivity contribution in [2.75, 3.05) is 11.9 Å². The van der Waals surface area contributed by atoms with Gasteiger partial charge in [-0.25, -0.2) is 0 Å². The zero-order valence-electron chi connectivity index (χ0n) is 13.6. The Morgan fingerprint density at radius 1 is 1.12 bits per heavy atom. The number of aryl methyl sites for hydroxylation is 2. The molecule has 1 heterocycles. The SMILES string of the molecule is Cc1ccc(OCC(=O)Nc2ccccc2C)c(-n2cnnc2)c1. The van der Waals surface area contributed by atoms with Gasteiger partial charge in [0.1, 0.15) is 18.4 Å². The van der Waals surface area contributed by atoms with Gasteiger partial charge in [0.2, 0.25) is 0 Å². The number of rotatable bonds is 5. The van der Waals surface area contributed by atoms with Crippen LogP contribution in [0.15, 0.2) is 55.1 Å². The summed E-state index contributed by atoms with van der Waals surface area (Å²) < 4.78 is 7.45. The van der Waals surface area contributed by atoms with E-state index in [4.69, 9.17) is 4.74 Å². The molecule has 24 heavy (non-hydrogen) atoms. The molecule has 0 bridgehead atoms. The first-order valence-corrected chi connectivity index (χ1v) is 7.57. The van der Waals surface area contributed by atoms with Gasteiger partial charge in [-0.1, -0.05) is 24.3 Å². The average Bonchev–Trinajstić information content (AvgIpc) is 3.10. The normalized spacial score (nSPS) is 10.4. The lowest BCUT2D eigenvalue weighted by Crippen LogP contribution is -2.21. The molecule has 0 aliphatic rings. The van der Waals surface area contributed by atoms with Crippen LogP contribution in [0.4, 0.5) is 5.69 Å². The van der Waals surface area contributed by atoms with E-state index in [1.807, 2.05) is 56.3 Å². The van der Waals surface area contributed by atoms with Crippen LogP contribution in [0.25, 0.3) is 5.69 Å². The summed E-state index contributed by atoms with van der Waals surface area (Å²) in [7, 11) is 0. The molecule has 6 heteroatoms. The lowest BCUT2D eigenvalue weighted by Gasteiger charge is -2.13. The molecule has 0 atom stereocenters. The Kier molecular flexibility index (Phi) is 4.56. The van der Waals surface area contributed by atoms with Crippen LogP contribution >= 0.6 is 0 Å². The molecule has 0 fully saturated rings. The Balaban J connectivity index is 1.71. The average molecular weight is 322 g/mol. The number of amides is 1. The molecule has 3 aromatic rings. The fourth-order valence-corrected chi connectivity index (χ4v) is 2.32. The number of carbonyl (C=O) groups excluding carboxylic acids is 1. The van der Waals surface area contributed by atoms with E-state index in [2.05, 4.69) is 15.5 Å². The van der Waals surface area contributed by atoms with Gasteiger partial charge in [0.15, 0.2) is 6.61 Å². The third-order valence-electron chi connectivity index (χ3n) is 3.59. The van der Waals surface area contributed by atoms with Crippen LogP contribution in [0.2, 0.25) is 0 Å². The minimum Gasteiger partial charge on any atom is -0.482 e. The summed E-state index contributed by atoms with van der Waals surface area (Å²) in [5.41, 5.74) is 3.67. The number of para-hydroxylation sites is 1. The van der Waals surface area contributed by atoms with E-state index in [1.165, 1.54) is 0 Å².